The van der Waals surface area contributed by atoms with Gasteiger partial charge < -0.3 is 4.90 Å². The number of halogens is 2. The van der Waals surface area contributed by atoms with Crippen molar-refractivity contribution < 1.29 is 18.3 Å². The number of nitrogens with zero attached hydrogens (tertiary/aromatic N) is 1. The number of anilines is 1. The molecule has 1 saturated heterocycles. The van der Waals surface area contributed by atoms with E-state index in [1.54, 1.807) is 0 Å². The molecule has 0 saturated carbocycles. The second-order valence-electron chi connectivity index (χ2n) is 11.1. The van der Waals surface area contributed by atoms with Gasteiger partial charge in [-0.1, -0.05) is 51.1 Å². The third kappa shape index (κ3) is 7.69. The molecule has 2 aromatic carbocycles. The van der Waals surface area contributed by atoms with Crippen molar-refractivity contribution in [3.8, 4) is 5.75 Å². The van der Waals surface area contributed by atoms with Crippen LogP contribution < -0.4 is 9.64 Å². The first-order valence-corrected chi connectivity index (χ1v) is 19.1. The Morgan fingerprint density at radius 2 is 1.70 bits per heavy atom. The number of ether oxygens (including phenoxy) is 1. The van der Waals surface area contributed by atoms with Crippen LogP contribution in [0, 0.1) is 13.5 Å². The summed E-state index contributed by atoms with van der Waals surface area (Å²) in [4.78, 5) is 4.02. The van der Waals surface area contributed by atoms with Crippen molar-refractivity contribution in [2.24, 2.45) is 0 Å². The monoisotopic (exact) mass is 646 g/mol. The first-order valence-electron chi connectivity index (χ1n) is 12.7. The molecule has 0 aliphatic carbocycles. The minimum absolute atomic E-state index is 0.119. The minimum atomic E-state index is -1.77. The van der Waals surface area contributed by atoms with Gasteiger partial charge in [-0.05, 0) is 54.5 Å². The van der Waals surface area contributed by atoms with E-state index in [-0.39, 0.29) is 17.1 Å². The van der Waals surface area contributed by atoms with Crippen LogP contribution in [-0.4, -0.2) is 16.3 Å². The molecule has 6 heteroatoms. The van der Waals surface area contributed by atoms with E-state index >= 15 is 0 Å². The third-order valence-electron chi connectivity index (χ3n) is 6.55. The molecule has 1 fully saturated rings. The molecular formula is C31H40Cl2NORuS-. The normalized spacial score (nSPS) is 19.0. The summed E-state index contributed by atoms with van der Waals surface area (Å²) in [6.07, 6.45) is 1.31. The van der Waals surface area contributed by atoms with Gasteiger partial charge in [-0.25, -0.2) is 6.54 Å². The largest absolute Gasteiger partial charge is 0.517 e. The van der Waals surface area contributed by atoms with Gasteiger partial charge in [-0.2, -0.15) is 11.3 Å². The summed E-state index contributed by atoms with van der Waals surface area (Å²) >= 11 is 0.104. The summed E-state index contributed by atoms with van der Waals surface area (Å²) in [5.41, 5.74) is 5.46. The average Bonchev–Trinajstić information content (AvgIpc) is 3.42. The van der Waals surface area contributed by atoms with Gasteiger partial charge >= 0.3 is 97.8 Å². The van der Waals surface area contributed by atoms with Crippen LogP contribution in [0.25, 0.3) is 0 Å². The van der Waals surface area contributed by atoms with Gasteiger partial charge in [0.25, 0.3) is 0 Å². The summed E-state index contributed by atoms with van der Waals surface area (Å²) in [5, 5.41) is 2.19. The molecule has 1 unspecified atom stereocenters. The molecule has 1 aromatic heterocycles. The van der Waals surface area contributed by atoms with E-state index in [2.05, 4.69) is 88.7 Å². The van der Waals surface area contributed by atoms with E-state index in [9.17, 15) is 0 Å². The Balaban J connectivity index is 0.000000233. The average molecular weight is 647 g/mol. The summed E-state index contributed by atoms with van der Waals surface area (Å²) in [7, 11) is 11.6. The smallest absolute Gasteiger partial charge is 0.0140 e. The van der Waals surface area contributed by atoms with Crippen LogP contribution in [0.4, 0.5) is 5.69 Å². The van der Waals surface area contributed by atoms with Gasteiger partial charge in [0.05, 0.1) is 0 Å². The van der Waals surface area contributed by atoms with Crippen molar-refractivity contribution in [2.45, 2.75) is 84.8 Å². The number of aryl methyl sites for hydroxylation is 1. The maximum absolute atomic E-state index is 5.82. The van der Waals surface area contributed by atoms with Gasteiger partial charge in [0.1, 0.15) is 0 Å². The molecule has 3 aromatic rings. The zero-order valence-electron chi connectivity index (χ0n) is 23.2. The molecule has 0 bridgehead atoms. The van der Waals surface area contributed by atoms with E-state index in [0.29, 0.717) is 5.92 Å². The molecule has 2 nitrogen and oxygen atoms in total. The van der Waals surface area contributed by atoms with Crippen LogP contribution in [0.1, 0.15) is 82.4 Å². The summed E-state index contributed by atoms with van der Waals surface area (Å²) in [5.74, 6) is 1.38. The number of hydrogen-bond acceptors (Lipinski definition) is 3. The second-order valence-corrected chi connectivity index (χ2v) is 17.7. The standard InChI is InChI=1S/C21H28NS.C10H12O.2ClH.Ru/c1-15(2)17-10-7-9-16(3)19(17)22-14-21(6,13-20(22,4)5)18-11-8-12-23-18;1-8(2)11-10-7-5-4-6-9(10)3;;;/h7-12,14-15H,13H2,1-6H3;3-8H,1-2H3;2*1H;/q-1;;;;+2/p-2. The van der Waals surface area contributed by atoms with E-state index in [1.165, 1.54) is 21.7 Å². The minimum Gasteiger partial charge on any atom is -0.517 e. The second kappa shape index (κ2) is 12.8. The fourth-order valence-electron chi connectivity index (χ4n) is 5.10. The Bertz CT molecular complexity index is 1200. The van der Waals surface area contributed by atoms with Gasteiger partial charge in [0.2, 0.25) is 0 Å². The fourth-order valence-corrected chi connectivity index (χ4v) is 7.76. The van der Waals surface area contributed by atoms with Gasteiger partial charge in [0, 0.05) is 11.2 Å². The summed E-state index contributed by atoms with van der Waals surface area (Å²) in [6, 6.07) is 18.9. The topological polar surface area (TPSA) is 12.5 Å². The number of para-hydroxylation sites is 2. The molecule has 37 heavy (non-hydrogen) atoms. The SMILES string of the molecule is CC(C)Oc1ccccc1[CH]=[Ru]([Cl])[Cl].Cc1cccc(C(C)C)c1N1[CH-]C(C)(c2cccs2)CC1(C)C. The molecular weight excluding hydrogens is 606 g/mol. The molecule has 0 amide bonds. The number of hydrogen-bond donors (Lipinski definition) is 0. The molecule has 0 spiro atoms. The van der Waals surface area contributed by atoms with Crippen LogP contribution in [0.3, 0.4) is 0 Å². The van der Waals surface area contributed by atoms with E-state index in [1.807, 2.05) is 54.1 Å². The van der Waals surface area contributed by atoms with Crippen molar-refractivity contribution in [1.82, 2.24) is 0 Å². The van der Waals surface area contributed by atoms with Crippen molar-refractivity contribution in [3.05, 3.63) is 88.1 Å². The molecule has 1 aliphatic rings. The predicted molar refractivity (Wildman–Crippen MR) is 161 cm³/mol. The Morgan fingerprint density at radius 1 is 1.00 bits per heavy atom. The number of thiophene rings is 1. The Hall–Kier alpha value is -1.19. The quantitative estimate of drug-likeness (QED) is 0.195. The molecule has 2 heterocycles. The first kappa shape index (κ1) is 30.4. The van der Waals surface area contributed by atoms with Crippen molar-refractivity contribution in [3.63, 3.8) is 0 Å². The zero-order valence-corrected chi connectivity index (χ0v) is 27.2. The first-order chi connectivity index (χ1) is 17.3. The maximum atomic E-state index is 5.82. The molecule has 0 radical (unpaired) electrons. The maximum Gasteiger partial charge on any atom is 0.0140 e. The molecule has 4 rings (SSSR count). The van der Waals surface area contributed by atoms with E-state index < -0.39 is 13.5 Å². The number of rotatable bonds is 6. The third-order valence-corrected chi connectivity index (χ3v) is 9.53. The van der Waals surface area contributed by atoms with E-state index in [4.69, 9.17) is 24.1 Å². The van der Waals surface area contributed by atoms with Gasteiger partial charge in [-0.15, -0.1) is 5.41 Å². The Morgan fingerprint density at radius 3 is 2.30 bits per heavy atom. The zero-order chi connectivity index (χ0) is 27.4. The summed E-state index contributed by atoms with van der Waals surface area (Å²) < 4.78 is 7.51. The molecule has 0 N–H and O–H groups in total. The summed E-state index contributed by atoms with van der Waals surface area (Å²) in [6.45, 7) is 20.4. The molecule has 204 valence electrons. The van der Waals surface area contributed by atoms with Crippen LogP contribution in [0.2, 0.25) is 0 Å². The van der Waals surface area contributed by atoms with E-state index in [0.717, 1.165) is 17.7 Å². The fraction of sp³-hybridized carbons (Fsp3) is 0.419. The van der Waals surface area contributed by atoms with Crippen LogP contribution in [-0.2, 0) is 18.9 Å². The van der Waals surface area contributed by atoms with Gasteiger partial charge in [-0.3, -0.25) is 0 Å². The Kier molecular flexibility index (Phi) is 10.5. The molecule has 1 aliphatic heterocycles. The van der Waals surface area contributed by atoms with Crippen LogP contribution in [0.15, 0.2) is 60.0 Å². The van der Waals surface area contributed by atoms with Crippen molar-refractivity contribution >= 4 is 41.0 Å². The molecule has 1 atom stereocenters. The van der Waals surface area contributed by atoms with Crippen molar-refractivity contribution in [2.75, 3.05) is 4.90 Å². The van der Waals surface area contributed by atoms with Gasteiger partial charge in [0.15, 0.2) is 0 Å². The van der Waals surface area contributed by atoms with Crippen molar-refractivity contribution in [1.29, 1.82) is 0 Å². The predicted octanol–water partition coefficient (Wildman–Crippen LogP) is 9.84. The van der Waals surface area contributed by atoms with Crippen LogP contribution >= 0.6 is 30.7 Å². The number of benzene rings is 2. The Labute approximate surface area is 241 Å². The van der Waals surface area contributed by atoms with Crippen LogP contribution in [0.5, 0.6) is 5.75 Å².